The van der Waals surface area contributed by atoms with Crippen LogP contribution in [0.3, 0.4) is 0 Å². The van der Waals surface area contributed by atoms with Gasteiger partial charge in [0, 0.05) is 11.1 Å². The molecular formula is C19H27N5O2. The summed E-state index contributed by atoms with van der Waals surface area (Å²) in [4.78, 5) is 14.1. The Hall–Kier alpha value is -2.70. The van der Waals surface area contributed by atoms with Gasteiger partial charge in [0.2, 0.25) is 5.95 Å². The highest BCUT2D eigenvalue weighted by Gasteiger charge is 2.26. The Balaban J connectivity index is 2.39. The smallest absolute Gasteiger partial charge is 0.274 e. The van der Waals surface area contributed by atoms with Crippen LogP contribution in [0.2, 0.25) is 0 Å². The Labute approximate surface area is 153 Å². The van der Waals surface area contributed by atoms with Crippen molar-refractivity contribution in [1.82, 2.24) is 15.2 Å². The highest BCUT2D eigenvalue weighted by Crippen LogP contribution is 2.39. The van der Waals surface area contributed by atoms with E-state index in [2.05, 4.69) is 67.3 Å². The van der Waals surface area contributed by atoms with E-state index in [9.17, 15) is 9.90 Å². The number of anilines is 1. The summed E-state index contributed by atoms with van der Waals surface area (Å²) in [5.41, 5.74) is 4.78. The van der Waals surface area contributed by atoms with Gasteiger partial charge in [-0.2, -0.15) is 5.10 Å². The molecule has 1 heterocycles. The predicted molar refractivity (Wildman–Crippen MR) is 104 cm³/mol. The van der Waals surface area contributed by atoms with Gasteiger partial charge in [0.1, 0.15) is 11.4 Å². The second-order valence-corrected chi connectivity index (χ2v) is 8.42. The van der Waals surface area contributed by atoms with E-state index in [4.69, 9.17) is 0 Å². The van der Waals surface area contributed by atoms with Crippen molar-refractivity contribution >= 4 is 12.2 Å². The van der Waals surface area contributed by atoms with Gasteiger partial charge in [0.15, 0.2) is 0 Å². The minimum absolute atomic E-state index is 0.169. The normalized spacial score (nSPS) is 12.6. The summed E-state index contributed by atoms with van der Waals surface area (Å²) in [6.07, 6.45) is 1.63. The van der Waals surface area contributed by atoms with Crippen LogP contribution in [0.4, 0.5) is 5.95 Å². The molecule has 0 aliphatic carbocycles. The molecular weight excluding hydrogens is 330 g/mol. The monoisotopic (exact) mass is 357 g/mol. The Morgan fingerprint density at radius 3 is 2.08 bits per heavy atom. The minimum Gasteiger partial charge on any atom is -0.507 e. The molecule has 7 heteroatoms. The van der Waals surface area contributed by atoms with Gasteiger partial charge in [-0.25, -0.2) is 5.43 Å². The first-order chi connectivity index (χ1) is 11.9. The molecule has 140 valence electrons. The number of aromatic nitrogens is 3. The van der Waals surface area contributed by atoms with Gasteiger partial charge in [0.05, 0.1) is 6.21 Å². The summed E-state index contributed by atoms with van der Waals surface area (Å²) in [7, 11) is 0. The quantitative estimate of drug-likeness (QED) is 0.578. The number of benzene rings is 1. The molecule has 0 fully saturated rings. The fraction of sp³-hybridized carbons (Fsp3) is 0.474. The number of nitrogens with one attached hydrogen (secondary N) is 2. The van der Waals surface area contributed by atoms with Crippen molar-refractivity contribution in [2.24, 2.45) is 5.10 Å². The van der Waals surface area contributed by atoms with Crippen LogP contribution in [0, 0.1) is 6.92 Å². The topological polar surface area (TPSA) is 103 Å². The number of phenols is 1. The lowest BCUT2D eigenvalue weighted by Gasteiger charge is -2.27. The molecule has 2 rings (SSSR count). The number of aromatic amines is 1. The average Bonchev–Trinajstić information content (AvgIpc) is 2.50. The fourth-order valence-electron chi connectivity index (χ4n) is 2.49. The summed E-state index contributed by atoms with van der Waals surface area (Å²) in [5.74, 6) is 0.492. The van der Waals surface area contributed by atoms with Gasteiger partial charge in [-0.05, 0) is 35.4 Å². The summed E-state index contributed by atoms with van der Waals surface area (Å²) < 4.78 is 0. The maximum absolute atomic E-state index is 11.5. The van der Waals surface area contributed by atoms with Crippen molar-refractivity contribution in [3.63, 3.8) is 0 Å². The van der Waals surface area contributed by atoms with Crippen LogP contribution < -0.4 is 11.0 Å². The number of aryl methyl sites for hydroxylation is 1. The van der Waals surface area contributed by atoms with E-state index in [-0.39, 0.29) is 22.3 Å². The lowest BCUT2D eigenvalue weighted by molar-refractivity contribution is 0.423. The zero-order chi connectivity index (χ0) is 19.7. The standard InChI is InChI=1S/C19H27N5O2/c1-11-16(26)21-17(24-22-11)23-20-10-12-8-13(18(2,3)4)15(25)14(9-12)19(5,6)7/h8-10,25H,1-7H3,(H2,21,23,24,26)/b20-10-. The number of hydrogen-bond donors (Lipinski definition) is 3. The van der Waals surface area contributed by atoms with E-state index in [0.717, 1.165) is 16.7 Å². The fourth-order valence-corrected chi connectivity index (χ4v) is 2.49. The molecule has 0 unspecified atom stereocenters. The molecule has 0 aliphatic heterocycles. The lowest BCUT2D eigenvalue weighted by atomic mass is 9.78. The Morgan fingerprint density at radius 1 is 1.08 bits per heavy atom. The van der Waals surface area contributed by atoms with Crippen molar-refractivity contribution in [2.45, 2.75) is 59.3 Å². The van der Waals surface area contributed by atoms with E-state index in [1.807, 2.05) is 12.1 Å². The first-order valence-electron chi connectivity index (χ1n) is 8.50. The van der Waals surface area contributed by atoms with Gasteiger partial charge in [-0.3, -0.25) is 9.78 Å². The van der Waals surface area contributed by atoms with E-state index >= 15 is 0 Å². The van der Waals surface area contributed by atoms with Crippen LogP contribution in [-0.4, -0.2) is 26.5 Å². The third kappa shape index (κ3) is 4.47. The first-order valence-corrected chi connectivity index (χ1v) is 8.50. The molecule has 2 aromatic rings. The third-order valence-electron chi connectivity index (χ3n) is 3.99. The Morgan fingerprint density at radius 2 is 1.62 bits per heavy atom. The maximum Gasteiger partial charge on any atom is 0.274 e. The second kappa shape index (κ2) is 6.90. The number of nitrogens with zero attached hydrogens (tertiary/aromatic N) is 3. The molecule has 3 N–H and O–H groups in total. The van der Waals surface area contributed by atoms with Crippen LogP contribution in [0.15, 0.2) is 22.0 Å². The maximum atomic E-state index is 11.5. The van der Waals surface area contributed by atoms with Crippen LogP contribution >= 0.6 is 0 Å². The highest BCUT2D eigenvalue weighted by molar-refractivity contribution is 5.82. The largest absolute Gasteiger partial charge is 0.507 e. The molecule has 0 radical (unpaired) electrons. The SMILES string of the molecule is Cc1nnc(N/N=C\c2cc(C(C)(C)C)c(O)c(C(C)(C)C)c2)[nH]c1=O. The number of hydrogen-bond acceptors (Lipinski definition) is 6. The number of aromatic hydroxyl groups is 1. The van der Waals surface area contributed by atoms with E-state index < -0.39 is 0 Å². The summed E-state index contributed by atoms with van der Waals surface area (Å²) in [5, 5.41) is 22.4. The van der Waals surface area contributed by atoms with Crippen molar-refractivity contribution in [2.75, 3.05) is 5.43 Å². The summed E-state index contributed by atoms with van der Waals surface area (Å²) >= 11 is 0. The predicted octanol–water partition coefficient (Wildman–Crippen LogP) is 3.22. The Bertz CT molecular complexity index is 851. The molecule has 0 saturated heterocycles. The van der Waals surface area contributed by atoms with E-state index in [0.29, 0.717) is 11.4 Å². The zero-order valence-electron chi connectivity index (χ0n) is 16.4. The third-order valence-corrected chi connectivity index (χ3v) is 3.99. The van der Waals surface area contributed by atoms with Crippen LogP contribution in [0.25, 0.3) is 0 Å². The molecule has 26 heavy (non-hydrogen) atoms. The molecule has 1 aromatic heterocycles. The Kier molecular flexibility index (Phi) is 5.21. The van der Waals surface area contributed by atoms with Crippen molar-refractivity contribution in [3.05, 3.63) is 44.9 Å². The van der Waals surface area contributed by atoms with E-state index in [1.54, 1.807) is 13.1 Å². The number of phenolic OH excluding ortho intramolecular Hbond substituents is 1. The van der Waals surface area contributed by atoms with Gasteiger partial charge in [0.25, 0.3) is 5.56 Å². The van der Waals surface area contributed by atoms with E-state index in [1.165, 1.54) is 0 Å². The molecule has 1 aromatic carbocycles. The number of rotatable bonds is 3. The number of H-pyrrole nitrogens is 1. The minimum atomic E-state index is -0.313. The first kappa shape index (κ1) is 19.6. The van der Waals surface area contributed by atoms with Crippen molar-refractivity contribution in [3.8, 4) is 5.75 Å². The average molecular weight is 357 g/mol. The van der Waals surface area contributed by atoms with Crippen LogP contribution in [-0.2, 0) is 10.8 Å². The molecule has 0 atom stereocenters. The van der Waals surface area contributed by atoms with Crippen LogP contribution in [0.5, 0.6) is 5.75 Å². The molecule has 0 saturated carbocycles. The van der Waals surface area contributed by atoms with Crippen molar-refractivity contribution in [1.29, 1.82) is 0 Å². The van der Waals surface area contributed by atoms with Gasteiger partial charge < -0.3 is 5.11 Å². The number of hydrazone groups is 1. The summed E-state index contributed by atoms with van der Waals surface area (Å²) in [6, 6.07) is 3.83. The molecule has 0 amide bonds. The molecule has 0 bridgehead atoms. The summed E-state index contributed by atoms with van der Waals surface area (Å²) in [6.45, 7) is 13.9. The van der Waals surface area contributed by atoms with Crippen LogP contribution in [0.1, 0.15) is 63.9 Å². The van der Waals surface area contributed by atoms with Crippen molar-refractivity contribution < 1.29 is 5.11 Å². The second-order valence-electron chi connectivity index (χ2n) is 8.42. The van der Waals surface area contributed by atoms with Gasteiger partial charge in [-0.15, -0.1) is 10.2 Å². The molecule has 7 nitrogen and oxygen atoms in total. The zero-order valence-corrected chi connectivity index (χ0v) is 16.4. The van der Waals surface area contributed by atoms with Gasteiger partial charge >= 0.3 is 0 Å². The van der Waals surface area contributed by atoms with Gasteiger partial charge in [-0.1, -0.05) is 41.5 Å². The molecule has 0 aliphatic rings. The highest BCUT2D eigenvalue weighted by atomic mass is 16.3. The lowest BCUT2D eigenvalue weighted by Crippen LogP contribution is -2.18. The molecule has 0 spiro atoms.